The highest BCUT2D eigenvalue weighted by Gasteiger charge is 2.28. The first-order valence-electron chi connectivity index (χ1n) is 6.96. The molecule has 0 bridgehead atoms. The van der Waals surface area contributed by atoms with Crippen LogP contribution in [0.4, 0.5) is 0 Å². The summed E-state index contributed by atoms with van der Waals surface area (Å²) in [6.07, 6.45) is 3.46. The van der Waals surface area contributed by atoms with Gasteiger partial charge in [-0.15, -0.1) is 0 Å². The predicted octanol–water partition coefficient (Wildman–Crippen LogP) is -0.134. The maximum absolute atomic E-state index is 11.4. The third-order valence-electron chi connectivity index (χ3n) is 3.48. The van der Waals surface area contributed by atoms with Crippen molar-refractivity contribution in [2.45, 2.75) is 38.3 Å². The summed E-state index contributed by atoms with van der Waals surface area (Å²) in [6, 6.07) is 0.345. The fraction of sp³-hybridized carbons (Fsp3) is 0.923. The predicted molar refractivity (Wildman–Crippen MR) is 74.4 cm³/mol. The van der Waals surface area contributed by atoms with Crippen molar-refractivity contribution in [2.24, 2.45) is 5.73 Å². The largest absolute Gasteiger partial charge is 0.368 e. The van der Waals surface area contributed by atoms with E-state index < -0.39 is 0 Å². The van der Waals surface area contributed by atoms with E-state index >= 15 is 0 Å². The molecule has 0 aromatic rings. The lowest BCUT2D eigenvalue weighted by Gasteiger charge is -2.29. The second kappa shape index (κ2) is 7.71. The van der Waals surface area contributed by atoms with Crippen molar-refractivity contribution in [1.29, 1.82) is 0 Å². The molecule has 0 spiro atoms. The molecule has 2 atom stereocenters. The molecule has 0 radical (unpaired) electrons. The summed E-state index contributed by atoms with van der Waals surface area (Å²) in [5.74, 6) is -0.237. The molecule has 2 unspecified atom stereocenters. The van der Waals surface area contributed by atoms with Crippen molar-refractivity contribution in [3.05, 3.63) is 0 Å². The molecule has 18 heavy (non-hydrogen) atoms. The summed E-state index contributed by atoms with van der Waals surface area (Å²) < 4.78 is 0. The van der Waals surface area contributed by atoms with Crippen molar-refractivity contribution in [1.82, 2.24) is 15.1 Å². The maximum atomic E-state index is 11.4. The number of nitrogens with one attached hydrogen (secondary N) is 1. The molecule has 1 saturated heterocycles. The zero-order valence-corrected chi connectivity index (χ0v) is 12.0. The van der Waals surface area contributed by atoms with E-state index in [2.05, 4.69) is 36.1 Å². The van der Waals surface area contributed by atoms with Gasteiger partial charge in [0.2, 0.25) is 5.91 Å². The molecule has 1 aliphatic heterocycles. The van der Waals surface area contributed by atoms with E-state index in [0.29, 0.717) is 6.04 Å². The Morgan fingerprint density at radius 1 is 1.56 bits per heavy atom. The summed E-state index contributed by atoms with van der Waals surface area (Å²) in [6.45, 7) is 5.82. The first kappa shape index (κ1) is 15.4. The van der Waals surface area contributed by atoms with E-state index in [1.165, 1.54) is 12.8 Å². The fourth-order valence-corrected chi connectivity index (χ4v) is 2.57. The average Bonchev–Trinajstić information content (AvgIpc) is 2.70. The number of carbonyl (C=O) groups is 1. The Morgan fingerprint density at radius 2 is 2.28 bits per heavy atom. The summed E-state index contributed by atoms with van der Waals surface area (Å²) in [7, 11) is 4.19. The highest BCUT2D eigenvalue weighted by atomic mass is 16.1. The molecule has 1 heterocycles. The molecule has 5 nitrogen and oxygen atoms in total. The molecule has 0 aliphatic carbocycles. The minimum atomic E-state index is -0.237. The second-order valence-corrected chi connectivity index (χ2v) is 5.46. The van der Waals surface area contributed by atoms with E-state index in [4.69, 9.17) is 5.73 Å². The molecule has 0 saturated carbocycles. The highest BCUT2D eigenvalue weighted by Crippen LogP contribution is 2.17. The van der Waals surface area contributed by atoms with Crippen molar-refractivity contribution < 1.29 is 4.79 Å². The fourth-order valence-electron chi connectivity index (χ4n) is 2.57. The van der Waals surface area contributed by atoms with Crippen molar-refractivity contribution in [2.75, 3.05) is 40.3 Å². The third kappa shape index (κ3) is 4.92. The summed E-state index contributed by atoms with van der Waals surface area (Å²) in [4.78, 5) is 16.1. The van der Waals surface area contributed by atoms with Gasteiger partial charge in [-0.1, -0.05) is 6.92 Å². The van der Waals surface area contributed by atoms with E-state index in [9.17, 15) is 4.79 Å². The standard InChI is InChI=1S/C13H28N4O/c1-4-7-15-12(13(14)18)10-17-8-5-6-11(17)9-16(2)3/h11-12,15H,4-10H2,1-3H3,(H2,14,18). The quantitative estimate of drug-likeness (QED) is 0.635. The van der Waals surface area contributed by atoms with E-state index in [1.54, 1.807) is 0 Å². The van der Waals surface area contributed by atoms with Crippen LogP contribution in [-0.4, -0.2) is 68.1 Å². The van der Waals surface area contributed by atoms with Gasteiger partial charge >= 0.3 is 0 Å². The van der Waals surface area contributed by atoms with E-state index in [0.717, 1.165) is 32.6 Å². The number of likely N-dealkylation sites (tertiary alicyclic amines) is 1. The average molecular weight is 256 g/mol. The Morgan fingerprint density at radius 3 is 2.83 bits per heavy atom. The normalized spacial score (nSPS) is 22.6. The minimum absolute atomic E-state index is 0.215. The van der Waals surface area contributed by atoms with E-state index in [1.807, 2.05) is 0 Å². The molecule has 0 aromatic carbocycles. The molecular weight excluding hydrogens is 228 g/mol. The SMILES string of the molecule is CCCNC(CN1CCCC1CN(C)C)C(N)=O. The van der Waals surface area contributed by atoms with Gasteiger partial charge in [-0.25, -0.2) is 0 Å². The molecule has 1 rings (SSSR count). The highest BCUT2D eigenvalue weighted by molar-refractivity contribution is 5.80. The summed E-state index contributed by atoms with van der Waals surface area (Å²) in [5, 5.41) is 3.24. The van der Waals surface area contributed by atoms with Crippen molar-refractivity contribution >= 4 is 5.91 Å². The van der Waals surface area contributed by atoms with E-state index in [-0.39, 0.29) is 11.9 Å². The zero-order chi connectivity index (χ0) is 13.5. The lowest BCUT2D eigenvalue weighted by molar-refractivity contribution is -0.120. The zero-order valence-electron chi connectivity index (χ0n) is 12.0. The number of carbonyl (C=O) groups excluding carboxylic acids is 1. The Bertz CT molecular complexity index is 257. The van der Waals surface area contributed by atoms with Crippen LogP contribution in [0.3, 0.4) is 0 Å². The lowest BCUT2D eigenvalue weighted by Crippen LogP contribution is -2.51. The van der Waals surface area contributed by atoms with Crippen LogP contribution in [0.5, 0.6) is 0 Å². The summed E-state index contributed by atoms with van der Waals surface area (Å²) in [5.41, 5.74) is 5.46. The lowest BCUT2D eigenvalue weighted by atomic mass is 10.2. The Balaban J connectivity index is 2.48. The Hall–Kier alpha value is -0.650. The van der Waals surface area contributed by atoms with Gasteiger partial charge in [0.1, 0.15) is 0 Å². The van der Waals surface area contributed by atoms with Crippen molar-refractivity contribution in [3.8, 4) is 0 Å². The third-order valence-corrected chi connectivity index (χ3v) is 3.48. The first-order valence-corrected chi connectivity index (χ1v) is 6.96. The van der Waals surface area contributed by atoms with Crippen LogP contribution >= 0.6 is 0 Å². The van der Waals surface area contributed by atoms with Crippen LogP contribution < -0.4 is 11.1 Å². The Kier molecular flexibility index (Phi) is 6.60. The van der Waals surface area contributed by atoms with Crippen molar-refractivity contribution in [3.63, 3.8) is 0 Å². The monoisotopic (exact) mass is 256 g/mol. The van der Waals surface area contributed by atoms with Crippen LogP contribution in [0.2, 0.25) is 0 Å². The first-order chi connectivity index (χ1) is 8.54. The van der Waals surface area contributed by atoms with Crippen LogP contribution in [-0.2, 0) is 4.79 Å². The van der Waals surface area contributed by atoms with Gasteiger partial charge in [-0.2, -0.15) is 0 Å². The van der Waals surface area contributed by atoms with Gasteiger partial charge in [0.15, 0.2) is 0 Å². The molecule has 1 aliphatic rings. The minimum Gasteiger partial charge on any atom is -0.368 e. The number of nitrogens with zero attached hydrogens (tertiary/aromatic N) is 2. The number of hydrogen-bond donors (Lipinski definition) is 2. The van der Waals surface area contributed by atoms with Crippen LogP contribution in [0.15, 0.2) is 0 Å². The van der Waals surface area contributed by atoms with Gasteiger partial charge in [0.25, 0.3) is 0 Å². The molecular formula is C13H28N4O. The van der Waals surface area contributed by atoms with Gasteiger partial charge in [-0.05, 0) is 46.4 Å². The topological polar surface area (TPSA) is 61.6 Å². The van der Waals surface area contributed by atoms with Crippen LogP contribution in [0.25, 0.3) is 0 Å². The Labute approximate surface area is 111 Å². The van der Waals surface area contributed by atoms with Crippen LogP contribution in [0.1, 0.15) is 26.2 Å². The molecule has 5 heteroatoms. The second-order valence-electron chi connectivity index (χ2n) is 5.46. The maximum Gasteiger partial charge on any atom is 0.235 e. The van der Waals surface area contributed by atoms with Gasteiger partial charge in [0.05, 0.1) is 6.04 Å². The number of likely N-dealkylation sites (N-methyl/N-ethyl adjacent to an activating group) is 1. The number of rotatable bonds is 8. The number of hydrogen-bond acceptors (Lipinski definition) is 4. The molecule has 1 fully saturated rings. The number of nitrogens with two attached hydrogens (primary N) is 1. The van der Waals surface area contributed by atoms with Gasteiger partial charge < -0.3 is 16.0 Å². The number of primary amides is 1. The smallest absolute Gasteiger partial charge is 0.235 e. The van der Waals surface area contributed by atoms with Gasteiger partial charge in [-0.3, -0.25) is 9.69 Å². The van der Waals surface area contributed by atoms with Gasteiger partial charge in [0, 0.05) is 19.1 Å². The molecule has 3 N–H and O–H groups in total. The molecule has 106 valence electrons. The van der Waals surface area contributed by atoms with Crippen LogP contribution in [0, 0.1) is 0 Å². The summed E-state index contributed by atoms with van der Waals surface area (Å²) >= 11 is 0. The molecule has 1 amide bonds. The molecule has 0 aromatic heterocycles. The number of amides is 1.